The molecule has 1 unspecified atom stereocenters. The monoisotopic (exact) mass is 474 g/mol. The largest absolute Gasteiger partial charge is 0.512 e. The molecule has 0 fully saturated rings. The normalized spacial score (nSPS) is 26.4. The zero-order chi connectivity index (χ0) is 25.1. The number of phenols is 1. The fraction of sp³-hybridized carbons (Fsp3) is 0.458. The first kappa shape index (κ1) is 23.9. The third kappa shape index (κ3) is 3.40. The van der Waals surface area contributed by atoms with Crippen LogP contribution in [0.4, 0.5) is 10.1 Å². The second-order valence-corrected chi connectivity index (χ2v) is 9.28. The van der Waals surface area contributed by atoms with Crippen molar-refractivity contribution in [2.24, 2.45) is 11.8 Å². The van der Waals surface area contributed by atoms with E-state index in [9.17, 15) is 34.8 Å². The van der Waals surface area contributed by atoms with Crippen molar-refractivity contribution in [2.45, 2.75) is 38.7 Å². The highest BCUT2D eigenvalue weighted by Crippen LogP contribution is 2.52. The molecule has 34 heavy (non-hydrogen) atoms. The number of allylic oxidation sites excluding steroid dienone is 2. The molecule has 3 aliphatic carbocycles. The summed E-state index contributed by atoms with van der Waals surface area (Å²) in [7, 11) is 1.70. The van der Waals surface area contributed by atoms with Crippen molar-refractivity contribution in [3.63, 3.8) is 0 Å². The molecule has 0 aromatic heterocycles. The number of carbonyl (C=O) groups excluding carboxylic acids is 3. The number of phenolic OH excluding ortho intramolecular Hbond substituents is 1. The highest BCUT2D eigenvalue weighted by atomic mass is 19.1. The average molecular weight is 474 g/mol. The van der Waals surface area contributed by atoms with E-state index in [1.807, 2.05) is 6.92 Å². The Bertz CT molecular complexity index is 1190. The van der Waals surface area contributed by atoms with Crippen LogP contribution in [0.15, 0.2) is 28.7 Å². The predicted molar refractivity (Wildman–Crippen MR) is 119 cm³/mol. The zero-order valence-electron chi connectivity index (χ0n) is 19.1. The van der Waals surface area contributed by atoms with Crippen LogP contribution < -0.4 is 5.32 Å². The summed E-state index contributed by atoms with van der Waals surface area (Å²) in [6, 6.07) is 0.946. The molecule has 5 N–H and O–H groups in total. The molecule has 0 radical (unpaired) electrons. The van der Waals surface area contributed by atoms with E-state index < -0.39 is 57.8 Å². The van der Waals surface area contributed by atoms with E-state index in [4.69, 9.17) is 0 Å². The maximum Gasteiger partial charge on any atom is 0.238 e. The highest BCUT2D eigenvalue weighted by molar-refractivity contribution is 6.16. The Labute approximate surface area is 195 Å². The van der Waals surface area contributed by atoms with Gasteiger partial charge in [-0.3, -0.25) is 19.3 Å². The van der Waals surface area contributed by atoms with Gasteiger partial charge in [-0.15, -0.1) is 0 Å². The summed E-state index contributed by atoms with van der Waals surface area (Å²) in [6.45, 7) is 3.73. The number of rotatable bonds is 4. The summed E-state index contributed by atoms with van der Waals surface area (Å²) in [5.74, 6) is -6.45. The number of nitrogens with one attached hydrogen (secondary N) is 1. The van der Waals surface area contributed by atoms with E-state index in [2.05, 4.69) is 5.32 Å². The maximum absolute atomic E-state index is 15.0. The molecule has 3 atom stereocenters. The number of carbonyl (C=O) groups is 3. The van der Waals surface area contributed by atoms with E-state index >= 15 is 4.39 Å². The van der Waals surface area contributed by atoms with E-state index in [0.717, 1.165) is 6.07 Å². The lowest BCUT2D eigenvalue weighted by atomic mass is 9.60. The quantitative estimate of drug-likeness (QED) is 0.417. The van der Waals surface area contributed by atoms with Crippen LogP contribution in [0, 0.1) is 17.7 Å². The van der Waals surface area contributed by atoms with Gasteiger partial charge in [-0.2, -0.15) is 0 Å². The Hall–Kier alpha value is -3.24. The van der Waals surface area contributed by atoms with Crippen LogP contribution in [0.25, 0.3) is 0 Å². The minimum Gasteiger partial charge on any atom is -0.512 e. The molecule has 9 nitrogen and oxygen atoms in total. The third-order valence-electron chi connectivity index (χ3n) is 7.25. The van der Waals surface area contributed by atoms with Crippen LogP contribution in [0.5, 0.6) is 5.75 Å². The van der Waals surface area contributed by atoms with E-state index in [1.165, 1.54) is 6.92 Å². The Morgan fingerprint density at radius 1 is 1.26 bits per heavy atom. The van der Waals surface area contributed by atoms with Crippen molar-refractivity contribution in [3.8, 4) is 5.75 Å². The lowest BCUT2D eigenvalue weighted by Gasteiger charge is -2.45. The van der Waals surface area contributed by atoms with Gasteiger partial charge in [0.15, 0.2) is 17.1 Å². The number of nitrogens with zero attached hydrogens (tertiary/aromatic N) is 1. The smallest absolute Gasteiger partial charge is 0.238 e. The van der Waals surface area contributed by atoms with Crippen molar-refractivity contribution in [1.29, 1.82) is 0 Å². The molecule has 1 aromatic rings. The van der Waals surface area contributed by atoms with Crippen LogP contribution in [0.1, 0.15) is 42.6 Å². The molecule has 3 aliphatic rings. The fourth-order valence-corrected chi connectivity index (χ4v) is 5.18. The number of aliphatic hydroxyl groups excluding tert-OH is 2. The van der Waals surface area contributed by atoms with Gasteiger partial charge in [-0.05, 0) is 39.3 Å². The Balaban J connectivity index is 1.79. The Kier molecular flexibility index (Phi) is 5.77. The first-order valence-corrected chi connectivity index (χ1v) is 11.1. The van der Waals surface area contributed by atoms with E-state index in [1.54, 1.807) is 11.9 Å². The van der Waals surface area contributed by atoms with Crippen molar-refractivity contribution in [1.82, 2.24) is 4.90 Å². The molecule has 1 aromatic carbocycles. The minimum absolute atomic E-state index is 0.0210. The fourth-order valence-electron chi connectivity index (χ4n) is 5.18. The number of hydrogen-bond acceptors (Lipinski definition) is 8. The second kappa shape index (κ2) is 8.21. The molecule has 0 aliphatic heterocycles. The number of benzene rings is 1. The molecular weight excluding hydrogens is 447 g/mol. The van der Waals surface area contributed by atoms with Crippen LogP contribution >= 0.6 is 0 Å². The molecule has 0 spiro atoms. The maximum atomic E-state index is 15.0. The number of anilines is 1. The molecule has 10 heteroatoms. The van der Waals surface area contributed by atoms with Crippen LogP contribution in [-0.4, -0.2) is 68.5 Å². The molecular formula is C24H27FN2O7. The number of likely N-dealkylation sites (N-methyl/N-ethyl adjacent to an activating group) is 1. The van der Waals surface area contributed by atoms with Gasteiger partial charge in [0, 0.05) is 35.1 Å². The average Bonchev–Trinajstić information content (AvgIpc) is 2.78. The van der Waals surface area contributed by atoms with Crippen LogP contribution in [-0.2, 0) is 16.0 Å². The summed E-state index contributed by atoms with van der Waals surface area (Å²) in [5, 5.41) is 45.4. The lowest BCUT2D eigenvalue weighted by Crippen LogP contribution is -2.55. The zero-order valence-corrected chi connectivity index (χ0v) is 19.1. The number of aromatic hydroxyl groups is 1. The van der Waals surface area contributed by atoms with E-state index in [0.29, 0.717) is 6.54 Å². The minimum atomic E-state index is -2.39. The van der Waals surface area contributed by atoms with Gasteiger partial charge in [0.1, 0.15) is 11.6 Å². The van der Waals surface area contributed by atoms with Gasteiger partial charge in [0.2, 0.25) is 11.7 Å². The van der Waals surface area contributed by atoms with E-state index in [-0.39, 0.29) is 54.0 Å². The number of halogens is 1. The molecule has 0 heterocycles. The summed E-state index contributed by atoms with van der Waals surface area (Å²) < 4.78 is 15.0. The van der Waals surface area contributed by atoms with Gasteiger partial charge in [-0.25, -0.2) is 4.39 Å². The van der Waals surface area contributed by atoms with Crippen molar-refractivity contribution in [3.05, 3.63) is 45.7 Å². The molecule has 0 saturated carbocycles. The third-order valence-corrected chi connectivity index (χ3v) is 7.25. The van der Waals surface area contributed by atoms with Crippen LogP contribution in [0.3, 0.4) is 0 Å². The van der Waals surface area contributed by atoms with Gasteiger partial charge in [0.25, 0.3) is 0 Å². The first-order chi connectivity index (χ1) is 15.9. The number of Topliss-reactive ketones (excluding diaryl/α,β-unsaturated/α-hetero) is 2. The van der Waals surface area contributed by atoms with Crippen molar-refractivity contribution >= 4 is 23.2 Å². The highest BCUT2D eigenvalue weighted by Gasteiger charge is 2.58. The number of hydrogen-bond donors (Lipinski definition) is 5. The van der Waals surface area contributed by atoms with Gasteiger partial charge >= 0.3 is 0 Å². The predicted octanol–water partition coefficient (Wildman–Crippen LogP) is 2.14. The topological polar surface area (TPSA) is 147 Å². The lowest BCUT2D eigenvalue weighted by molar-refractivity contribution is -0.142. The van der Waals surface area contributed by atoms with Gasteiger partial charge in [0.05, 0.1) is 23.6 Å². The number of fused-ring (bicyclic) bond motifs is 3. The number of amides is 1. The number of ketones is 2. The standard InChI is InChI=1S/C24H27FN2O7/c1-4-27(3)9-17(29)26-15-8-14(25)13-6-11-5-12-7-16(28)10(2)22(32)24(12,34)23(33)18(11)21(31)19(13)20(15)30/h8,11-12,28,30,33-34H,4-7,9H2,1-3H3,(H,26,29)/t11?,12-,24+/m0/s1. The Morgan fingerprint density at radius 3 is 2.59 bits per heavy atom. The first-order valence-electron chi connectivity index (χ1n) is 11.1. The molecule has 4 rings (SSSR count). The van der Waals surface area contributed by atoms with Crippen LogP contribution in [0.2, 0.25) is 0 Å². The number of aliphatic hydroxyl groups is 3. The molecule has 0 saturated heterocycles. The second-order valence-electron chi connectivity index (χ2n) is 9.28. The summed E-state index contributed by atoms with van der Waals surface area (Å²) in [4.78, 5) is 40.2. The Morgan fingerprint density at radius 2 is 1.94 bits per heavy atom. The van der Waals surface area contributed by atoms with Gasteiger partial charge < -0.3 is 25.7 Å². The SMILES string of the molecule is CCN(C)CC(=O)Nc1cc(F)c2c(c1O)C(=O)C1=C(O)[C@]3(O)C(=O)C(C)=C(O)C[C@@H]3CC1C2. The molecule has 0 bridgehead atoms. The van der Waals surface area contributed by atoms with Crippen molar-refractivity contribution < 1.29 is 39.2 Å². The summed E-state index contributed by atoms with van der Waals surface area (Å²) in [5.41, 5.74) is -3.54. The summed E-state index contributed by atoms with van der Waals surface area (Å²) >= 11 is 0. The molecule has 182 valence electrons. The van der Waals surface area contributed by atoms with Gasteiger partial charge in [-0.1, -0.05) is 6.92 Å². The molecule has 1 amide bonds. The summed E-state index contributed by atoms with van der Waals surface area (Å²) in [6.07, 6.45) is -0.100. The van der Waals surface area contributed by atoms with Crippen molar-refractivity contribution in [2.75, 3.05) is 25.5 Å².